The van der Waals surface area contributed by atoms with Crippen LogP contribution in [0.1, 0.15) is 36.1 Å². The Morgan fingerprint density at radius 2 is 2.42 bits per heavy atom. The van der Waals surface area contributed by atoms with Gasteiger partial charge in [0.2, 0.25) is 0 Å². The lowest BCUT2D eigenvalue weighted by Crippen LogP contribution is -2.03. The van der Waals surface area contributed by atoms with Gasteiger partial charge in [-0.15, -0.1) is 0 Å². The van der Waals surface area contributed by atoms with Gasteiger partial charge in [-0.25, -0.2) is 9.78 Å². The van der Waals surface area contributed by atoms with Crippen LogP contribution in [-0.4, -0.2) is 21.0 Å². The maximum absolute atomic E-state index is 10.5. The van der Waals surface area contributed by atoms with E-state index in [0.29, 0.717) is 0 Å². The molecule has 1 heterocycles. The van der Waals surface area contributed by atoms with Gasteiger partial charge in [-0.05, 0) is 12.8 Å². The molecule has 1 aliphatic carbocycles. The summed E-state index contributed by atoms with van der Waals surface area (Å²) in [6.07, 6.45) is 3.57. The number of nitrogens with one attached hydrogen (secondary N) is 1. The van der Waals surface area contributed by atoms with Gasteiger partial charge in [0.25, 0.3) is 0 Å². The molecule has 0 aliphatic heterocycles. The molecular formula is C8H10N2O2. The van der Waals surface area contributed by atoms with Crippen LogP contribution in [0.4, 0.5) is 0 Å². The second-order valence-electron chi connectivity index (χ2n) is 3.51. The SMILES string of the molecule is CC1(c2ncc(C(=O)O)[nH]2)CC1. The largest absolute Gasteiger partial charge is 0.477 e. The number of carboxylic acids is 1. The quantitative estimate of drug-likeness (QED) is 0.692. The fourth-order valence-electron chi connectivity index (χ4n) is 1.16. The molecule has 0 aromatic carbocycles. The molecule has 1 aliphatic rings. The minimum atomic E-state index is -0.946. The second kappa shape index (κ2) is 2.09. The van der Waals surface area contributed by atoms with Crippen molar-refractivity contribution in [3.8, 4) is 0 Å². The van der Waals surface area contributed by atoms with E-state index in [1.807, 2.05) is 0 Å². The average molecular weight is 166 g/mol. The number of aromatic nitrogens is 2. The third-order valence-electron chi connectivity index (χ3n) is 2.38. The Balaban J connectivity index is 2.30. The lowest BCUT2D eigenvalue weighted by molar-refractivity contribution is 0.0691. The number of hydrogen-bond acceptors (Lipinski definition) is 2. The molecular weight excluding hydrogens is 156 g/mol. The van der Waals surface area contributed by atoms with Gasteiger partial charge in [0.05, 0.1) is 6.20 Å². The predicted molar refractivity (Wildman–Crippen MR) is 42.1 cm³/mol. The first-order chi connectivity index (χ1) is 5.62. The summed E-state index contributed by atoms with van der Waals surface area (Å²) in [7, 11) is 0. The van der Waals surface area contributed by atoms with E-state index in [9.17, 15) is 4.79 Å². The number of nitrogens with zero attached hydrogens (tertiary/aromatic N) is 1. The fourth-order valence-corrected chi connectivity index (χ4v) is 1.16. The number of H-pyrrole nitrogens is 1. The van der Waals surface area contributed by atoms with Crippen molar-refractivity contribution in [2.45, 2.75) is 25.2 Å². The maximum Gasteiger partial charge on any atom is 0.353 e. The van der Waals surface area contributed by atoms with Crippen molar-refractivity contribution >= 4 is 5.97 Å². The average Bonchev–Trinajstić information content (AvgIpc) is 2.61. The van der Waals surface area contributed by atoms with E-state index in [4.69, 9.17) is 5.11 Å². The summed E-state index contributed by atoms with van der Waals surface area (Å²) in [4.78, 5) is 17.3. The standard InChI is InChI=1S/C8H10N2O2/c1-8(2-3-8)7-9-4-5(10-7)6(11)12/h4H,2-3H2,1H3,(H,9,10)(H,11,12). The van der Waals surface area contributed by atoms with Crippen LogP contribution in [0.2, 0.25) is 0 Å². The molecule has 4 heteroatoms. The Bertz CT molecular complexity index is 326. The Morgan fingerprint density at radius 3 is 2.83 bits per heavy atom. The number of rotatable bonds is 2. The van der Waals surface area contributed by atoms with Gasteiger partial charge in [-0.2, -0.15) is 0 Å². The summed E-state index contributed by atoms with van der Waals surface area (Å²) < 4.78 is 0. The molecule has 2 rings (SSSR count). The molecule has 1 aromatic rings. The summed E-state index contributed by atoms with van der Waals surface area (Å²) in [5, 5.41) is 8.61. The Kier molecular flexibility index (Phi) is 1.28. The molecule has 0 radical (unpaired) electrons. The Morgan fingerprint density at radius 1 is 1.75 bits per heavy atom. The van der Waals surface area contributed by atoms with E-state index < -0.39 is 5.97 Å². The molecule has 4 nitrogen and oxygen atoms in total. The van der Waals surface area contributed by atoms with Crippen molar-refractivity contribution in [1.82, 2.24) is 9.97 Å². The van der Waals surface area contributed by atoms with Crippen LogP contribution in [0.15, 0.2) is 6.20 Å². The predicted octanol–water partition coefficient (Wildman–Crippen LogP) is 1.16. The summed E-state index contributed by atoms with van der Waals surface area (Å²) >= 11 is 0. The van der Waals surface area contributed by atoms with Crippen molar-refractivity contribution in [3.05, 3.63) is 17.7 Å². The topological polar surface area (TPSA) is 66.0 Å². The summed E-state index contributed by atoms with van der Waals surface area (Å²) in [5.41, 5.74) is 0.298. The number of aromatic carboxylic acids is 1. The first-order valence-corrected chi connectivity index (χ1v) is 3.91. The van der Waals surface area contributed by atoms with Crippen LogP contribution in [0.3, 0.4) is 0 Å². The molecule has 12 heavy (non-hydrogen) atoms. The first-order valence-electron chi connectivity index (χ1n) is 3.91. The third kappa shape index (κ3) is 0.995. The third-order valence-corrected chi connectivity index (χ3v) is 2.38. The minimum Gasteiger partial charge on any atom is -0.477 e. The molecule has 64 valence electrons. The summed E-state index contributed by atoms with van der Waals surface area (Å²) in [5.74, 6) is -0.141. The van der Waals surface area contributed by atoms with Crippen LogP contribution in [0.25, 0.3) is 0 Å². The molecule has 1 aromatic heterocycles. The molecule has 1 fully saturated rings. The van der Waals surface area contributed by atoms with Crippen molar-refractivity contribution in [1.29, 1.82) is 0 Å². The van der Waals surface area contributed by atoms with Crippen molar-refractivity contribution in [3.63, 3.8) is 0 Å². The van der Waals surface area contributed by atoms with Crippen LogP contribution >= 0.6 is 0 Å². The van der Waals surface area contributed by atoms with Crippen LogP contribution < -0.4 is 0 Å². The fraction of sp³-hybridized carbons (Fsp3) is 0.500. The molecule has 0 amide bonds. The second-order valence-corrected chi connectivity index (χ2v) is 3.51. The zero-order valence-corrected chi connectivity index (χ0v) is 6.79. The van der Waals surface area contributed by atoms with Crippen LogP contribution in [0, 0.1) is 0 Å². The molecule has 0 spiro atoms. The highest BCUT2D eigenvalue weighted by molar-refractivity contribution is 5.85. The minimum absolute atomic E-state index is 0.119. The first kappa shape index (κ1) is 7.34. The molecule has 1 saturated carbocycles. The molecule has 0 atom stereocenters. The molecule has 0 bridgehead atoms. The van der Waals surface area contributed by atoms with Crippen molar-refractivity contribution in [2.75, 3.05) is 0 Å². The Hall–Kier alpha value is -1.32. The van der Waals surface area contributed by atoms with Gasteiger partial charge < -0.3 is 10.1 Å². The van der Waals surface area contributed by atoms with Crippen LogP contribution in [0.5, 0.6) is 0 Å². The Labute approximate surface area is 69.6 Å². The number of carboxylic acid groups (broad SMARTS) is 1. The van der Waals surface area contributed by atoms with Gasteiger partial charge in [0.1, 0.15) is 11.5 Å². The summed E-state index contributed by atoms with van der Waals surface area (Å²) in [6, 6.07) is 0. The van der Waals surface area contributed by atoms with Gasteiger partial charge in [-0.1, -0.05) is 6.92 Å². The van der Waals surface area contributed by atoms with E-state index in [-0.39, 0.29) is 11.1 Å². The van der Waals surface area contributed by atoms with Crippen LogP contribution in [-0.2, 0) is 5.41 Å². The highest BCUT2D eigenvalue weighted by Crippen LogP contribution is 2.45. The number of imidazole rings is 1. The molecule has 0 saturated heterocycles. The zero-order chi connectivity index (χ0) is 8.77. The van der Waals surface area contributed by atoms with Crippen molar-refractivity contribution < 1.29 is 9.90 Å². The van der Waals surface area contributed by atoms with Gasteiger partial charge >= 0.3 is 5.97 Å². The van der Waals surface area contributed by atoms with E-state index in [1.165, 1.54) is 6.20 Å². The van der Waals surface area contributed by atoms with E-state index in [1.54, 1.807) is 0 Å². The molecule has 0 unspecified atom stereocenters. The monoisotopic (exact) mass is 166 g/mol. The van der Waals surface area contributed by atoms with E-state index in [0.717, 1.165) is 18.7 Å². The number of aromatic amines is 1. The highest BCUT2D eigenvalue weighted by Gasteiger charge is 2.41. The smallest absolute Gasteiger partial charge is 0.353 e. The zero-order valence-electron chi connectivity index (χ0n) is 6.79. The maximum atomic E-state index is 10.5. The van der Waals surface area contributed by atoms with E-state index >= 15 is 0 Å². The van der Waals surface area contributed by atoms with Gasteiger partial charge in [0.15, 0.2) is 0 Å². The van der Waals surface area contributed by atoms with E-state index in [2.05, 4.69) is 16.9 Å². The number of carbonyl (C=O) groups is 1. The highest BCUT2D eigenvalue weighted by atomic mass is 16.4. The lowest BCUT2D eigenvalue weighted by atomic mass is 10.1. The number of hydrogen-bond donors (Lipinski definition) is 2. The summed E-state index contributed by atoms with van der Waals surface area (Å²) in [6.45, 7) is 2.08. The van der Waals surface area contributed by atoms with Gasteiger partial charge in [-0.3, -0.25) is 0 Å². The molecule has 2 N–H and O–H groups in total. The van der Waals surface area contributed by atoms with Gasteiger partial charge in [0, 0.05) is 5.41 Å². The van der Waals surface area contributed by atoms with Crippen molar-refractivity contribution in [2.24, 2.45) is 0 Å². The normalized spacial score (nSPS) is 19.1. The lowest BCUT2D eigenvalue weighted by Gasteiger charge is -2.00.